The van der Waals surface area contributed by atoms with Gasteiger partial charge in [-0.1, -0.05) is 25.4 Å². The molecule has 0 aromatic carbocycles. The van der Waals surface area contributed by atoms with Gasteiger partial charge in [-0.25, -0.2) is 4.98 Å². The van der Waals surface area contributed by atoms with Crippen molar-refractivity contribution in [2.75, 3.05) is 11.9 Å². The van der Waals surface area contributed by atoms with Gasteiger partial charge in [0, 0.05) is 12.1 Å². The molecule has 6 heteroatoms. The first kappa shape index (κ1) is 13.0. The number of rotatable bonds is 5. The molecule has 0 spiro atoms. The van der Waals surface area contributed by atoms with E-state index in [0.717, 1.165) is 12.8 Å². The van der Waals surface area contributed by atoms with E-state index in [2.05, 4.69) is 15.3 Å². The lowest BCUT2D eigenvalue weighted by Gasteiger charge is -2.27. The molecule has 0 aliphatic rings. The van der Waals surface area contributed by atoms with Gasteiger partial charge in [-0.05, 0) is 12.8 Å². The van der Waals surface area contributed by atoms with Crippen molar-refractivity contribution in [3.63, 3.8) is 0 Å². The van der Waals surface area contributed by atoms with Crippen molar-refractivity contribution in [2.24, 2.45) is 5.73 Å². The molecule has 4 N–H and O–H groups in total. The molecular formula is C10H17ClN4O. The molecule has 0 saturated heterocycles. The van der Waals surface area contributed by atoms with E-state index in [1.165, 1.54) is 6.33 Å². The summed E-state index contributed by atoms with van der Waals surface area (Å²) in [5, 5.41) is 3.07. The molecule has 90 valence electrons. The van der Waals surface area contributed by atoms with Crippen LogP contribution in [0, 0.1) is 0 Å². The maximum atomic E-state index is 11.2. The number of anilines is 1. The summed E-state index contributed by atoms with van der Waals surface area (Å²) in [5.41, 5.74) is 5.46. The molecule has 0 unspecified atom stereocenters. The normalized spacial score (nSPS) is 11.5. The Morgan fingerprint density at radius 1 is 1.56 bits per heavy atom. The van der Waals surface area contributed by atoms with Crippen LogP contribution < -0.4 is 16.6 Å². The Morgan fingerprint density at radius 3 is 2.75 bits per heavy atom. The van der Waals surface area contributed by atoms with Gasteiger partial charge in [0.1, 0.15) is 5.02 Å². The average molecular weight is 245 g/mol. The minimum absolute atomic E-state index is 0.0667. The summed E-state index contributed by atoms with van der Waals surface area (Å²) in [4.78, 5) is 17.6. The first-order chi connectivity index (χ1) is 7.52. The lowest BCUT2D eigenvalue weighted by atomic mass is 9.94. The van der Waals surface area contributed by atoms with Crippen molar-refractivity contribution in [3.8, 4) is 0 Å². The van der Waals surface area contributed by atoms with Gasteiger partial charge in [-0.2, -0.15) is 0 Å². The molecule has 1 aromatic heterocycles. The Bertz CT molecular complexity index is 400. The van der Waals surface area contributed by atoms with Crippen LogP contribution in [-0.2, 0) is 0 Å². The number of nitrogens with zero attached hydrogens (tertiary/aromatic N) is 1. The Kier molecular flexibility index (Phi) is 4.32. The minimum atomic E-state index is -0.352. The quantitative estimate of drug-likeness (QED) is 0.730. The SMILES string of the molecule is CCC(N)(CC)CNc1nc[nH]c(=O)c1Cl. The van der Waals surface area contributed by atoms with E-state index in [9.17, 15) is 4.79 Å². The molecule has 0 aliphatic carbocycles. The van der Waals surface area contributed by atoms with Crippen LogP contribution in [0.1, 0.15) is 26.7 Å². The summed E-state index contributed by atoms with van der Waals surface area (Å²) >= 11 is 5.80. The number of nitrogens with one attached hydrogen (secondary N) is 2. The lowest BCUT2D eigenvalue weighted by molar-refractivity contribution is 0.418. The largest absolute Gasteiger partial charge is 0.367 e. The standard InChI is InChI=1S/C10H17ClN4O/c1-3-10(12,4-2)5-13-8-7(11)9(16)15-6-14-8/h6H,3-5,12H2,1-2H3,(H2,13,14,15,16). The molecule has 0 saturated carbocycles. The molecule has 0 amide bonds. The van der Waals surface area contributed by atoms with E-state index in [4.69, 9.17) is 17.3 Å². The van der Waals surface area contributed by atoms with Gasteiger partial charge in [0.05, 0.1) is 6.33 Å². The molecule has 0 aliphatic heterocycles. The topological polar surface area (TPSA) is 83.8 Å². The van der Waals surface area contributed by atoms with Gasteiger partial charge in [0.25, 0.3) is 5.56 Å². The van der Waals surface area contributed by atoms with Gasteiger partial charge < -0.3 is 16.0 Å². The van der Waals surface area contributed by atoms with Crippen LogP contribution in [0.3, 0.4) is 0 Å². The summed E-state index contributed by atoms with van der Waals surface area (Å²) in [5.74, 6) is 0.377. The van der Waals surface area contributed by atoms with Crippen molar-refractivity contribution in [1.29, 1.82) is 0 Å². The molecule has 1 heterocycles. The van der Waals surface area contributed by atoms with Gasteiger partial charge >= 0.3 is 0 Å². The molecule has 0 atom stereocenters. The van der Waals surface area contributed by atoms with Crippen molar-refractivity contribution < 1.29 is 0 Å². The molecule has 0 radical (unpaired) electrons. The summed E-state index contributed by atoms with van der Waals surface area (Å²) in [6, 6.07) is 0. The fourth-order valence-corrected chi connectivity index (χ4v) is 1.44. The first-order valence-corrected chi connectivity index (χ1v) is 5.66. The zero-order valence-corrected chi connectivity index (χ0v) is 10.3. The Balaban J connectivity index is 2.75. The highest BCUT2D eigenvalue weighted by molar-refractivity contribution is 6.32. The Morgan fingerprint density at radius 2 is 2.19 bits per heavy atom. The van der Waals surface area contributed by atoms with Gasteiger partial charge in [-0.15, -0.1) is 0 Å². The van der Waals surface area contributed by atoms with Gasteiger partial charge in [0.15, 0.2) is 5.82 Å². The fourth-order valence-electron chi connectivity index (χ4n) is 1.27. The maximum absolute atomic E-state index is 11.2. The highest BCUT2D eigenvalue weighted by Gasteiger charge is 2.20. The van der Waals surface area contributed by atoms with Crippen LogP contribution in [0.5, 0.6) is 0 Å². The van der Waals surface area contributed by atoms with Crippen molar-refractivity contribution >= 4 is 17.4 Å². The zero-order valence-electron chi connectivity index (χ0n) is 9.51. The number of hydrogen-bond acceptors (Lipinski definition) is 4. The second-order valence-corrected chi connectivity index (χ2v) is 4.20. The Hall–Kier alpha value is -1.07. The molecule has 0 fully saturated rings. The number of H-pyrrole nitrogens is 1. The zero-order chi connectivity index (χ0) is 12.2. The van der Waals surface area contributed by atoms with Crippen LogP contribution in [-0.4, -0.2) is 22.1 Å². The van der Waals surface area contributed by atoms with E-state index in [-0.39, 0.29) is 16.1 Å². The fraction of sp³-hybridized carbons (Fsp3) is 0.600. The van der Waals surface area contributed by atoms with E-state index in [1.807, 2.05) is 13.8 Å². The molecular weight excluding hydrogens is 228 g/mol. The highest BCUT2D eigenvalue weighted by atomic mass is 35.5. The highest BCUT2D eigenvalue weighted by Crippen LogP contribution is 2.16. The van der Waals surface area contributed by atoms with E-state index in [1.54, 1.807) is 0 Å². The molecule has 1 aromatic rings. The third kappa shape index (κ3) is 2.96. The predicted molar refractivity (Wildman–Crippen MR) is 65.9 cm³/mol. The van der Waals surface area contributed by atoms with E-state index >= 15 is 0 Å². The van der Waals surface area contributed by atoms with Gasteiger partial charge in [-0.3, -0.25) is 4.79 Å². The number of halogens is 1. The van der Waals surface area contributed by atoms with Crippen LogP contribution in [0.25, 0.3) is 0 Å². The number of hydrogen-bond donors (Lipinski definition) is 3. The third-order valence-electron chi connectivity index (χ3n) is 2.81. The second kappa shape index (κ2) is 5.32. The van der Waals surface area contributed by atoms with Crippen LogP contribution in [0.15, 0.2) is 11.1 Å². The summed E-state index contributed by atoms with van der Waals surface area (Å²) in [6.45, 7) is 4.59. The predicted octanol–water partition coefficient (Wildman–Crippen LogP) is 1.35. The van der Waals surface area contributed by atoms with Crippen LogP contribution in [0.4, 0.5) is 5.82 Å². The van der Waals surface area contributed by atoms with Crippen molar-refractivity contribution in [2.45, 2.75) is 32.2 Å². The third-order valence-corrected chi connectivity index (χ3v) is 3.16. The molecule has 5 nitrogen and oxygen atoms in total. The molecule has 0 bridgehead atoms. The lowest BCUT2D eigenvalue weighted by Crippen LogP contribution is -2.45. The van der Waals surface area contributed by atoms with E-state index < -0.39 is 0 Å². The van der Waals surface area contributed by atoms with Crippen molar-refractivity contribution in [3.05, 3.63) is 21.7 Å². The minimum Gasteiger partial charge on any atom is -0.367 e. The monoisotopic (exact) mass is 244 g/mol. The first-order valence-electron chi connectivity index (χ1n) is 5.28. The average Bonchev–Trinajstić information content (AvgIpc) is 2.31. The summed E-state index contributed by atoms with van der Waals surface area (Å²) in [7, 11) is 0. The summed E-state index contributed by atoms with van der Waals surface area (Å²) in [6.07, 6.45) is 3.00. The maximum Gasteiger partial charge on any atom is 0.271 e. The van der Waals surface area contributed by atoms with Crippen LogP contribution >= 0.6 is 11.6 Å². The summed E-state index contributed by atoms with van der Waals surface area (Å²) < 4.78 is 0. The van der Waals surface area contributed by atoms with E-state index in [0.29, 0.717) is 12.4 Å². The smallest absolute Gasteiger partial charge is 0.271 e. The number of aromatic nitrogens is 2. The van der Waals surface area contributed by atoms with Gasteiger partial charge in [0.2, 0.25) is 0 Å². The molecule has 16 heavy (non-hydrogen) atoms. The Labute approximate surface area is 99.4 Å². The second-order valence-electron chi connectivity index (χ2n) is 3.82. The number of nitrogens with two attached hydrogens (primary N) is 1. The molecule has 1 rings (SSSR count). The van der Waals surface area contributed by atoms with Crippen molar-refractivity contribution in [1.82, 2.24) is 9.97 Å². The van der Waals surface area contributed by atoms with Crippen LogP contribution in [0.2, 0.25) is 5.02 Å². The number of aromatic amines is 1.